The Morgan fingerprint density at radius 2 is 2.06 bits per heavy atom. The number of ether oxygens (including phenoxy) is 1. The lowest BCUT2D eigenvalue weighted by atomic mass is 9.87. The second-order valence-corrected chi connectivity index (χ2v) is 5.35. The summed E-state index contributed by atoms with van der Waals surface area (Å²) in [7, 11) is 0. The van der Waals surface area contributed by atoms with E-state index in [9.17, 15) is 9.90 Å². The largest absolute Gasteiger partial charge is 0.458 e. The molecule has 1 heterocycles. The number of carbonyl (C=O) groups is 1. The third kappa shape index (κ3) is 2.72. The molecule has 1 aliphatic heterocycles. The highest BCUT2D eigenvalue weighted by molar-refractivity contribution is 5.90. The third-order valence-corrected chi connectivity index (χ3v) is 3.67. The van der Waals surface area contributed by atoms with Crippen LogP contribution in [-0.2, 0) is 9.53 Å². The summed E-state index contributed by atoms with van der Waals surface area (Å²) in [5, 5.41) is 9.87. The molecule has 3 nitrogen and oxygen atoms in total. The van der Waals surface area contributed by atoms with Gasteiger partial charge in [0.25, 0.3) is 0 Å². The van der Waals surface area contributed by atoms with Crippen molar-refractivity contribution in [2.75, 3.05) is 0 Å². The van der Waals surface area contributed by atoms with Crippen LogP contribution in [0.5, 0.6) is 0 Å². The van der Waals surface area contributed by atoms with Crippen molar-refractivity contribution in [1.29, 1.82) is 0 Å². The van der Waals surface area contributed by atoms with Gasteiger partial charge in [0.2, 0.25) is 0 Å². The second kappa shape index (κ2) is 5.11. The maximum Gasteiger partial charge on any atom is 0.334 e. The molecule has 0 aromatic rings. The van der Waals surface area contributed by atoms with Gasteiger partial charge >= 0.3 is 5.97 Å². The number of aliphatic hydroxyl groups is 1. The van der Waals surface area contributed by atoms with E-state index in [2.05, 4.69) is 12.7 Å². The number of carbonyl (C=O) groups excluding carboxylic acids is 1. The van der Waals surface area contributed by atoms with Gasteiger partial charge in [0, 0.05) is 17.9 Å². The molecule has 1 saturated heterocycles. The van der Waals surface area contributed by atoms with Crippen molar-refractivity contribution in [1.82, 2.24) is 0 Å². The molecule has 0 amide bonds. The molecule has 1 aliphatic carbocycles. The van der Waals surface area contributed by atoms with Crippen LogP contribution in [0.3, 0.4) is 0 Å². The second-order valence-electron chi connectivity index (χ2n) is 5.35. The van der Waals surface area contributed by atoms with Crippen LogP contribution in [0.1, 0.15) is 33.1 Å². The molecular weight excluding hydrogens is 228 g/mol. The van der Waals surface area contributed by atoms with E-state index < -0.39 is 6.10 Å². The molecule has 0 bridgehead atoms. The Balaban J connectivity index is 2.27. The Morgan fingerprint density at radius 3 is 2.78 bits per heavy atom. The highest BCUT2D eigenvalue weighted by atomic mass is 16.6. The number of allylic oxidation sites excluding steroid dienone is 1. The van der Waals surface area contributed by atoms with Gasteiger partial charge in [0.05, 0.1) is 6.10 Å². The van der Waals surface area contributed by atoms with Gasteiger partial charge in [-0.1, -0.05) is 29.9 Å². The lowest BCUT2D eigenvalue weighted by molar-refractivity contribution is -0.139. The molecule has 98 valence electrons. The zero-order chi connectivity index (χ0) is 13.3. The first-order chi connectivity index (χ1) is 8.47. The molecule has 3 heteroatoms. The fourth-order valence-corrected chi connectivity index (χ4v) is 2.66. The van der Waals surface area contributed by atoms with Gasteiger partial charge in [-0.15, -0.1) is 0 Å². The Morgan fingerprint density at radius 1 is 1.33 bits per heavy atom. The van der Waals surface area contributed by atoms with Crippen LogP contribution in [0.25, 0.3) is 0 Å². The SMILES string of the molecule is C=C1C(=O)O[C@H]2C/C(C)=C/[C@@H](O)C/C(C)=C/C[C@H]12. The highest BCUT2D eigenvalue weighted by Crippen LogP contribution is 2.34. The molecule has 18 heavy (non-hydrogen) atoms. The number of fused-ring (bicyclic) bond motifs is 1. The van der Waals surface area contributed by atoms with Crippen molar-refractivity contribution < 1.29 is 14.6 Å². The van der Waals surface area contributed by atoms with Gasteiger partial charge in [-0.05, 0) is 26.7 Å². The molecular formula is C15H20O3. The van der Waals surface area contributed by atoms with Gasteiger partial charge in [0.15, 0.2) is 0 Å². The molecule has 0 unspecified atom stereocenters. The quantitative estimate of drug-likeness (QED) is 0.407. The first-order valence-corrected chi connectivity index (χ1v) is 6.38. The molecule has 3 atom stereocenters. The van der Waals surface area contributed by atoms with E-state index in [-0.39, 0.29) is 18.0 Å². The topological polar surface area (TPSA) is 46.5 Å². The highest BCUT2D eigenvalue weighted by Gasteiger charge is 2.37. The molecule has 2 rings (SSSR count). The number of rotatable bonds is 0. The van der Waals surface area contributed by atoms with E-state index in [0.29, 0.717) is 18.4 Å². The summed E-state index contributed by atoms with van der Waals surface area (Å²) in [6, 6.07) is 0. The minimum atomic E-state index is -0.446. The van der Waals surface area contributed by atoms with Gasteiger partial charge in [-0.2, -0.15) is 0 Å². The Kier molecular flexibility index (Phi) is 3.71. The summed E-state index contributed by atoms with van der Waals surface area (Å²) >= 11 is 0. The average molecular weight is 248 g/mol. The zero-order valence-corrected chi connectivity index (χ0v) is 11.0. The van der Waals surface area contributed by atoms with Gasteiger partial charge in [0.1, 0.15) is 6.10 Å². The van der Waals surface area contributed by atoms with Gasteiger partial charge in [-0.25, -0.2) is 4.79 Å². The van der Waals surface area contributed by atoms with Crippen LogP contribution in [0.2, 0.25) is 0 Å². The van der Waals surface area contributed by atoms with Crippen LogP contribution < -0.4 is 0 Å². The maximum absolute atomic E-state index is 11.6. The Bertz CT molecular complexity index is 431. The fraction of sp³-hybridized carbons (Fsp3) is 0.533. The van der Waals surface area contributed by atoms with Crippen molar-refractivity contribution in [3.05, 3.63) is 35.5 Å². The number of esters is 1. The minimum Gasteiger partial charge on any atom is -0.458 e. The van der Waals surface area contributed by atoms with E-state index in [4.69, 9.17) is 4.74 Å². The Hall–Kier alpha value is -1.35. The first-order valence-electron chi connectivity index (χ1n) is 6.38. The molecule has 1 N–H and O–H groups in total. The molecule has 0 radical (unpaired) electrons. The van der Waals surface area contributed by atoms with Crippen molar-refractivity contribution in [3.63, 3.8) is 0 Å². The maximum atomic E-state index is 11.6. The summed E-state index contributed by atoms with van der Waals surface area (Å²) in [6.07, 6.45) is 5.46. The van der Waals surface area contributed by atoms with Crippen molar-refractivity contribution in [3.8, 4) is 0 Å². The molecule has 1 fully saturated rings. The predicted octanol–water partition coefficient (Wildman–Crippen LogP) is 2.52. The van der Waals surface area contributed by atoms with E-state index in [1.807, 2.05) is 19.9 Å². The van der Waals surface area contributed by atoms with E-state index in [1.165, 1.54) is 0 Å². The lowest BCUT2D eigenvalue weighted by Gasteiger charge is -2.19. The van der Waals surface area contributed by atoms with Crippen LogP contribution >= 0.6 is 0 Å². The molecule has 2 aliphatic rings. The third-order valence-electron chi connectivity index (χ3n) is 3.67. The average Bonchev–Trinajstić information content (AvgIpc) is 2.51. The van der Waals surface area contributed by atoms with E-state index in [1.54, 1.807) is 0 Å². The molecule has 0 aromatic carbocycles. The summed E-state index contributed by atoms with van der Waals surface area (Å²) in [5.74, 6) is -0.199. The van der Waals surface area contributed by atoms with Crippen LogP contribution in [0.4, 0.5) is 0 Å². The number of aliphatic hydroxyl groups excluding tert-OH is 1. The molecule has 0 saturated carbocycles. The first kappa shape index (κ1) is 13.1. The summed E-state index contributed by atoms with van der Waals surface area (Å²) < 4.78 is 5.36. The van der Waals surface area contributed by atoms with Crippen molar-refractivity contribution >= 4 is 5.97 Å². The molecule has 0 spiro atoms. The van der Waals surface area contributed by atoms with Crippen LogP contribution in [0, 0.1) is 5.92 Å². The van der Waals surface area contributed by atoms with Crippen LogP contribution in [-0.4, -0.2) is 23.3 Å². The van der Waals surface area contributed by atoms with Crippen molar-refractivity contribution in [2.24, 2.45) is 5.92 Å². The van der Waals surface area contributed by atoms with Crippen LogP contribution in [0.15, 0.2) is 35.5 Å². The summed E-state index contributed by atoms with van der Waals surface area (Å²) in [5.41, 5.74) is 2.78. The smallest absolute Gasteiger partial charge is 0.334 e. The summed E-state index contributed by atoms with van der Waals surface area (Å²) in [6.45, 7) is 7.81. The van der Waals surface area contributed by atoms with E-state index in [0.717, 1.165) is 17.6 Å². The number of hydrogen-bond acceptors (Lipinski definition) is 3. The van der Waals surface area contributed by atoms with E-state index >= 15 is 0 Å². The standard InChI is InChI=1S/C15H20O3/c1-9-4-5-13-11(3)15(17)18-14(13)8-10(2)7-12(16)6-9/h4,7,12-14,16H,3,5-6,8H2,1-2H3/b9-4+,10-7+/t12-,13+,14-/m0/s1. The zero-order valence-electron chi connectivity index (χ0n) is 11.0. The lowest BCUT2D eigenvalue weighted by Crippen LogP contribution is -2.18. The van der Waals surface area contributed by atoms with Gasteiger partial charge in [-0.3, -0.25) is 0 Å². The Labute approximate surface area is 108 Å². The van der Waals surface area contributed by atoms with Crippen molar-refractivity contribution in [2.45, 2.75) is 45.3 Å². The monoisotopic (exact) mass is 248 g/mol. The number of hydrogen-bond donors (Lipinski definition) is 1. The minimum absolute atomic E-state index is 0.0750. The summed E-state index contributed by atoms with van der Waals surface area (Å²) in [4.78, 5) is 11.6. The normalized spacial score (nSPS) is 39.2. The predicted molar refractivity (Wildman–Crippen MR) is 69.9 cm³/mol. The molecule has 0 aromatic heterocycles. The fourth-order valence-electron chi connectivity index (χ4n) is 2.66. The van der Waals surface area contributed by atoms with Gasteiger partial charge < -0.3 is 9.84 Å².